The summed E-state index contributed by atoms with van der Waals surface area (Å²) in [6.45, 7) is 1.97. The molecule has 4 heteroatoms. The van der Waals surface area contributed by atoms with Crippen LogP contribution in [0.2, 0.25) is 0 Å². The predicted octanol–water partition coefficient (Wildman–Crippen LogP) is 1.57. The van der Waals surface area contributed by atoms with Crippen molar-refractivity contribution in [3.8, 4) is 5.75 Å². The Bertz CT molecular complexity index is 377. The van der Waals surface area contributed by atoms with Crippen LogP contribution in [-0.4, -0.2) is 20.2 Å². The van der Waals surface area contributed by atoms with E-state index in [2.05, 4.69) is 4.74 Å². The zero-order valence-corrected chi connectivity index (χ0v) is 9.82. The summed E-state index contributed by atoms with van der Waals surface area (Å²) < 4.78 is 9.79. The molecule has 88 valence electrons. The molecule has 0 saturated carbocycles. The standard InChI is InChI=1S/C12H17NO3/c1-8-4-5-11(15-2)9(6-8)10(13)7-12(14)16-3/h4-6,10H,7,13H2,1-3H3/t10-/m0/s1. The lowest BCUT2D eigenvalue weighted by Crippen LogP contribution is -2.17. The highest BCUT2D eigenvalue weighted by Gasteiger charge is 2.16. The molecule has 2 N–H and O–H groups in total. The van der Waals surface area contributed by atoms with Gasteiger partial charge in [-0.2, -0.15) is 0 Å². The lowest BCUT2D eigenvalue weighted by atomic mass is 10.0. The molecular formula is C12H17NO3. The van der Waals surface area contributed by atoms with Crippen LogP contribution >= 0.6 is 0 Å². The maximum Gasteiger partial charge on any atom is 0.307 e. The highest BCUT2D eigenvalue weighted by molar-refractivity contribution is 5.70. The van der Waals surface area contributed by atoms with E-state index in [9.17, 15) is 4.79 Å². The summed E-state index contributed by atoms with van der Waals surface area (Å²) in [5.41, 5.74) is 7.84. The van der Waals surface area contributed by atoms with Gasteiger partial charge in [0.15, 0.2) is 0 Å². The number of ether oxygens (including phenoxy) is 2. The molecule has 1 atom stereocenters. The second-order valence-corrected chi connectivity index (χ2v) is 3.63. The number of carbonyl (C=O) groups is 1. The summed E-state index contributed by atoms with van der Waals surface area (Å²) in [6.07, 6.45) is 0.149. The SMILES string of the molecule is COC(=O)C[C@H](N)c1cc(C)ccc1OC. The largest absolute Gasteiger partial charge is 0.496 e. The number of hydrogen-bond donors (Lipinski definition) is 1. The lowest BCUT2D eigenvalue weighted by molar-refractivity contribution is -0.141. The van der Waals surface area contributed by atoms with Crippen LogP contribution in [0.25, 0.3) is 0 Å². The number of aryl methyl sites for hydroxylation is 1. The molecule has 0 spiro atoms. The van der Waals surface area contributed by atoms with E-state index in [1.165, 1.54) is 7.11 Å². The summed E-state index contributed by atoms with van der Waals surface area (Å²) in [7, 11) is 2.93. The van der Waals surface area contributed by atoms with E-state index in [0.29, 0.717) is 5.75 Å². The number of methoxy groups -OCH3 is 2. The maximum absolute atomic E-state index is 11.1. The molecule has 1 rings (SSSR count). The van der Waals surface area contributed by atoms with E-state index < -0.39 is 6.04 Å². The molecule has 0 radical (unpaired) electrons. The zero-order chi connectivity index (χ0) is 12.1. The summed E-state index contributed by atoms with van der Waals surface area (Å²) in [5.74, 6) is 0.373. The highest BCUT2D eigenvalue weighted by Crippen LogP contribution is 2.26. The van der Waals surface area contributed by atoms with Crippen molar-refractivity contribution in [1.29, 1.82) is 0 Å². The van der Waals surface area contributed by atoms with Gasteiger partial charge in [0.05, 0.1) is 20.6 Å². The molecule has 4 nitrogen and oxygen atoms in total. The van der Waals surface area contributed by atoms with Crippen molar-refractivity contribution in [3.05, 3.63) is 29.3 Å². The van der Waals surface area contributed by atoms with Crippen LogP contribution in [0.1, 0.15) is 23.6 Å². The van der Waals surface area contributed by atoms with E-state index >= 15 is 0 Å². The maximum atomic E-state index is 11.1. The second kappa shape index (κ2) is 5.51. The Hall–Kier alpha value is -1.55. The van der Waals surface area contributed by atoms with Crippen molar-refractivity contribution in [1.82, 2.24) is 0 Å². The van der Waals surface area contributed by atoms with Crippen LogP contribution in [0.5, 0.6) is 5.75 Å². The van der Waals surface area contributed by atoms with Crippen molar-refractivity contribution >= 4 is 5.97 Å². The first kappa shape index (κ1) is 12.5. The molecule has 0 aromatic heterocycles. The molecule has 1 aromatic rings. The third-order valence-corrected chi connectivity index (χ3v) is 2.40. The van der Waals surface area contributed by atoms with Crippen molar-refractivity contribution < 1.29 is 14.3 Å². The molecule has 0 bridgehead atoms. The molecule has 0 fully saturated rings. The number of esters is 1. The summed E-state index contributed by atoms with van der Waals surface area (Å²) in [6, 6.07) is 5.31. The van der Waals surface area contributed by atoms with Crippen LogP contribution in [-0.2, 0) is 9.53 Å². The fourth-order valence-electron chi connectivity index (χ4n) is 1.52. The van der Waals surface area contributed by atoms with Crippen LogP contribution in [0.3, 0.4) is 0 Å². The van der Waals surface area contributed by atoms with Gasteiger partial charge in [-0.05, 0) is 13.0 Å². The average Bonchev–Trinajstić information content (AvgIpc) is 2.28. The number of rotatable bonds is 4. The Labute approximate surface area is 95.3 Å². The van der Waals surface area contributed by atoms with E-state index in [1.54, 1.807) is 7.11 Å². The van der Waals surface area contributed by atoms with Gasteiger partial charge in [0.1, 0.15) is 5.75 Å². The van der Waals surface area contributed by atoms with Gasteiger partial charge in [0.25, 0.3) is 0 Å². The summed E-state index contributed by atoms with van der Waals surface area (Å²) in [5, 5.41) is 0. The third kappa shape index (κ3) is 2.97. The number of hydrogen-bond acceptors (Lipinski definition) is 4. The van der Waals surface area contributed by atoms with Gasteiger partial charge in [-0.3, -0.25) is 4.79 Å². The minimum absolute atomic E-state index is 0.149. The molecule has 0 unspecified atom stereocenters. The minimum Gasteiger partial charge on any atom is -0.496 e. The van der Waals surface area contributed by atoms with Crippen LogP contribution in [0, 0.1) is 6.92 Å². The van der Waals surface area contributed by atoms with E-state index in [-0.39, 0.29) is 12.4 Å². The van der Waals surface area contributed by atoms with Gasteiger partial charge in [0.2, 0.25) is 0 Å². The zero-order valence-electron chi connectivity index (χ0n) is 9.82. The first-order chi connectivity index (χ1) is 7.58. The second-order valence-electron chi connectivity index (χ2n) is 3.63. The monoisotopic (exact) mass is 223 g/mol. The van der Waals surface area contributed by atoms with Crippen molar-refractivity contribution in [2.24, 2.45) is 5.73 Å². The molecule has 1 aromatic carbocycles. The van der Waals surface area contributed by atoms with E-state index in [1.807, 2.05) is 25.1 Å². The molecule has 0 amide bonds. The van der Waals surface area contributed by atoms with Crippen molar-refractivity contribution in [2.45, 2.75) is 19.4 Å². The quantitative estimate of drug-likeness (QED) is 0.787. The summed E-state index contributed by atoms with van der Waals surface area (Å²) >= 11 is 0. The lowest BCUT2D eigenvalue weighted by Gasteiger charge is -2.15. The Kier molecular flexibility index (Phi) is 4.31. The fraction of sp³-hybridized carbons (Fsp3) is 0.417. The topological polar surface area (TPSA) is 61.5 Å². The van der Waals surface area contributed by atoms with Gasteiger partial charge in [-0.1, -0.05) is 17.7 Å². The first-order valence-electron chi connectivity index (χ1n) is 5.05. The molecule has 16 heavy (non-hydrogen) atoms. The first-order valence-corrected chi connectivity index (χ1v) is 5.05. The fourth-order valence-corrected chi connectivity index (χ4v) is 1.52. The van der Waals surface area contributed by atoms with Gasteiger partial charge < -0.3 is 15.2 Å². The minimum atomic E-state index is -0.401. The number of nitrogens with two attached hydrogens (primary N) is 1. The van der Waals surface area contributed by atoms with E-state index in [0.717, 1.165) is 11.1 Å². The molecule has 0 saturated heterocycles. The van der Waals surface area contributed by atoms with Crippen molar-refractivity contribution in [3.63, 3.8) is 0 Å². The normalized spacial score (nSPS) is 12.0. The molecule has 0 aliphatic carbocycles. The van der Waals surface area contributed by atoms with Gasteiger partial charge in [0, 0.05) is 11.6 Å². The van der Waals surface area contributed by atoms with Gasteiger partial charge in [-0.15, -0.1) is 0 Å². The predicted molar refractivity (Wildman–Crippen MR) is 61.3 cm³/mol. The smallest absolute Gasteiger partial charge is 0.307 e. The van der Waals surface area contributed by atoms with Gasteiger partial charge >= 0.3 is 5.97 Å². The van der Waals surface area contributed by atoms with Gasteiger partial charge in [-0.25, -0.2) is 0 Å². The molecule has 0 aliphatic heterocycles. The molecule has 0 aliphatic rings. The Morgan fingerprint density at radius 1 is 1.44 bits per heavy atom. The Balaban J connectivity index is 2.92. The number of carbonyl (C=O) groups excluding carboxylic acids is 1. The van der Waals surface area contributed by atoms with Crippen molar-refractivity contribution in [2.75, 3.05) is 14.2 Å². The van der Waals surface area contributed by atoms with E-state index in [4.69, 9.17) is 10.5 Å². The molecular weight excluding hydrogens is 206 g/mol. The Morgan fingerprint density at radius 2 is 2.12 bits per heavy atom. The number of benzene rings is 1. The summed E-state index contributed by atoms with van der Waals surface area (Å²) in [4.78, 5) is 11.1. The third-order valence-electron chi connectivity index (χ3n) is 2.40. The molecule has 0 heterocycles. The highest BCUT2D eigenvalue weighted by atomic mass is 16.5. The Morgan fingerprint density at radius 3 is 2.69 bits per heavy atom. The average molecular weight is 223 g/mol. The van der Waals surface area contributed by atoms with Crippen LogP contribution in [0.15, 0.2) is 18.2 Å². The van der Waals surface area contributed by atoms with Crippen LogP contribution in [0.4, 0.5) is 0 Å². The van der Waals surface area contributed by atoms with Crippen LogP contribution < -0.4 is 10.5 Å².